The minimum absolute atomic E-state index is 0.792. The van der Waals surface area contributed by atoms with E-state index in [0.717, 1.165) is 23.8 Å². The third-order valence-electron chi connectivity index (χ3n) is 5.10. The van der Waals surface area contributed by atoms with Crippen molar-refractivity contribution < 1.29 is 0 Å². The molecule has 0 saturated heterocycles. The molecule has 1 saturated carbocycles. The van der Waals surface area contributed by atoms with Crippen molar-refractivity contribution in [1.82, 2.24) is 0 Å². The van der Waals surface area contributed by atoms with Gasteiger partial charge in [-0.3, -0.25) is 0 Å². The molecule has 0 radical (unpaired) electrons. The number of hydrogen-bond acceptors (Lipinski definition) is 0. The van der Waals surface area contributed by atoms with Crippen LogP contribution in [0.25, 0.3) is 0 Å². The van der Waals surface area contributed by atoms with Crippen molar-refractivity contribution in [1.29, 1.82) is 0 Å². The Bertz CT molecular complexity index is 463. The zero-order valence-corrected chi connectivity index (χ0v) is 14.5. The summed E-state index contributed by atoms with van der Waals surface area (Å²) in [6.45, 7) is 4.40. The van der Waals surface area contributed by atoms with Gasteiger partial charge in [0.1, 0.15) is 0 Å². The molecule has 1 aliphatic rings. The molecule has 0 heteroatoms. The van der Waals surface area contributed by atoms with Crippen molar-refractivity contribution in [2.75, 3.05) is 0 Å². The van der Waals surface area contributed by atoms with Gasteiger partial charge in [-0.05, 0) is 55.2 Å². The van der Waals surface area contributed by atoms with Crippen LogP contribution in [0.1, 0.15) is 95.1 Å². The largest absolute Gasteiger partial charge is 0.0982 e. The molecular formula is C22H32. The van der Waals surface area contributed by atoms with Gasteiger partial charge in [-0.15, -0.1) is 0 Å². The van der Waals surface area contributed by atoms with Crippen LogP contribution in [0.2, 0.25) is 0 Å². The first-order chi connectivity index (χ1) is 10.8. The van der Waals surface area contributed by atoms with Crippen LogP contribution in [0, 0.1) is 17.8 Å². The summed E-state index contributed by atoms with van der Waals surface area (Å²) >= 11 is 0. The highest BCUT2D eigenvalue weighted by Gasteiger charge is 2.21. The molecule has 0 unspecified atom stereocenters. The van der Waals surface area contributed by atoms with Gasteiger partial charge in [0.2, 0.25) is 0 Å². The highest BCUT2D eigenvalue weighted by atomic mass is 14.3. The van der Waals surface area contributed by atoms with Crippen molar-refractivity contribution in [2.45, 2.75) is 84.0 Å². The summed E-state index contributed by atoms with van der Waals surface area (Å²) in [7, 11) is 0. The molecule has 0 aliphatic heterocycles. The first-order valence-corrected chi connectivity index (χ1v) is 9.42. The lowest BCUT2D eigenvalue weighted by Crippen LogP contribution is -2.13. The first kappa shape index (κ1) is 17.1. The van der Waals surface area contributed by atoms with Crippen molar-refractivity contribution in [3.05, 3.63) is 35.4 Å². The molecule has 1 fully saturated rings. The molecule has 0 heterocycles. The standard InChI is InChI=1S/C22H32/c1-3-5-7-8-10-20-13-17-22(18-14-20)21-15-11-19(12-16-21)9-6-4-2/h11-12,15-16,20,22H,3-5,7-8,10,13-14,17-18H2,1-2H3. The molecule has 0 aromatic heterocycles. The van der Waals surface area contributed by atoms with Gasteiger partial charge in [0.15, 0.2) is 0 Å². The zero-order valence-electron chi connectivity index (χ0n) is 14.5. The first-order valence-electron chi connectivity index (χ1n) is 9.42. The molecule has 1 aromatic rings. The Hall–Kier alpha value is -1.22. The lowest BCUT2D eigenvalue weighted by Gasteiger charge is -2.29. The lowest BCUT2D eigenvalue weighted by atomic mass is 9.77. The molecule has 0 bridgehead atoms. The number of benzene rings is 1. The van der Waals surface area contributed by atoms with Crippen LogP contribution in [-0.4, -0.2) is 0 Å². The Morgan fingerprint density at radius 1 is 0.909 bits per heavy atom. The van der Waals surface area contributed by atoms with E-state index in [0.29, 0.717) is 0 Å². The Kier molecular flexibility index (Phi) is 7.58. The van der Waals surface area contributed by atoms with Crippen molar-refractivity contribution in [3.8, 4) is 11.8 Å². The van der Waals surface area contributed by atoms with Gasteiger partial charge in [-0.25, -0.2) is 0 Å². The molecule has 1 aliphatic carbocycles. The summed E-state index contributed by atoms with van der Waals surface area (Å²) in [5.74, 6) is 8.16. The number of rotatable bonds is 6. The lowest BCUT2D eigenvalue weighted by molar-refractivity contribution is 0.302. The quantitative estimate of drug-likeness (QED) is 0.405. The maximum atomic E-state index is 3.21. The van der Waals surface area contributed by atoms with Gasteiger partial charge in [-0.1, -0.05) is 69.9 Å². The van der Waals surface area contributed by atoms with E-state index in [1.54, 1.807) is 0 Å². The summed E-state index contributed by atoms with van der Waals surface area (Å²) in [5.41, 5.74) is 2.70. The topological polar surface area (TPSA) is 0 Å². The zero-order chi connectivity index (χ0) is 15.6. The van der Waals surface area contributed by atoms with E-state index in [-0.39, 0.29) is 0 Å². The van der Waals surface area contributed by atoms with Gasteiger partial charge >= 0.3 is 0 Å². The highest BCUT2D eigenvalue weighted by molar-refractivity contribution is 5.37. The molecule has 120 valence electrons. The fourth-order valence-corrected chi connectivity index (χ4v) is 3.67. The SMILES string of the molecule is CCC#Cc1ccc(C2CCC(CCCCCC)CC2)cc1. The Morgan fingerprint density at radius 2 is 1.64 bits per heavy atom. The molecule has 0 nitrogen and oxygen atoms in total. The van der Waals surface area contributed by atoms with Gasteiger partial charge in [0.25, 0.3) is 0 Å². The molecule has 1 aromatic carbocycles. The predicted molar refractivity (Wildman–Crippen MR) is 97.1 cm³/mol. The van der Waals surface area contributed by atoms with E-state index in [9.17, 15) is 0 Å². The Labute approximate surface area is 137 Å². The van der Waals surface area contributed by atoms with E-state index in [1.165, 1.54) is 63.4 Å². The van der Waals surface area contributed by atoms with Gasteiger partial charge < -0.3 is 0 Å². The summed E-state index contributed by atoms with van der Waals surface area (Å²) in [4.78, 5) is 0. The third-order valence-corrected chi connectivity index (χ3v) is 5.10. The molecule has 2 rings (SSSR count). The van der Waals surface area contributed by atoms with Crippen LogP contribution in [0.5, 0.6) is 0 Å². The van der Waals surface area contributed by atoms with E-state index in [2.05, 4.69) is 50.0 Å². The second-order valence-corrected chi connectivity index (χ2v) is 6.84. The summed E-state index contributed by atoms with van der Waals surface area (Å²) < 4.78 is 0. The molecule has 0 spiro atoms. The fraction of sp³-hybridized carbons (Fsp3) is 0.636. The molecular weight excluding hydrogens is 264 g/mol. The molecule has 0 N–H and O–H groups in total. The van der Waals surface area contributed by atoms with Crippen molar-refractivity contribution >= 4 is 0 Å². The van der Waals surface area contributed by atoms with Gasteiger partial charge in [-0.2, -0.15) is 0 Å². The Morgan fingerprint density at radius 3 is 2.27 bits per heavy atom. The average molecular weight is 296 g/mol. The second kappa shape index (κ2) is 9.73. The molecule has 0 atom stereocenters. The number of unbranched alkanes of at least 4 members (excludes halogenated alkanes) is 3. The fourth-order valence-electron chi connectivity index (χ4n) is 3.67. The summed E-state index contributed by atoms with van der Waals surface area (Å²) in [6.07, 6.45) is 13.7. The van der Waals surface area contributed by atoms with E-state index in [1.807, 2.05) is 0 Å². The minimum Gasteiger partial charge on any atom is -0.0982 e. The summed E-state index contributed by atoms with van der Waals surface area (Å²) in [6, 6.07) is 9.03. The maximum absolute atomic E-state index is 3.21. The van der Waals surface area contributed by atoms with Crippen LogP contribution >= 0.6 is 0 Å². The third kappa shape index (κ3) is 5.53. The smallest absolute Gasteiger partial charge is 0.0245 e. The average Bonchev–Trinajstić information content (AvgIpc) is 2.58. The normalized spacial score (nSPS) is 21.2. The monoisotopic (exact) mass is 296 g/mol. The Balaban J connectivity index is 1.76. The van der Waals surface area contributed by atoms with Crippen molar-refractivity contribution in [2.24, 2.45) is 5.92 Å². The molecule has 0 amide bonds. The van der Waals surface area contributed by atoms with Crippen LogP contribution in [0.3, 0.4) is 0 Å². The van der Waals surface area contributed by atoms with Gasteiger partial charge in [0, 0.05) is 12.0 Å². The van der Waals surface area contributed by atoms with E-state index in [4.69, 9.17) is 0 Å². The second-order valence-electron chi connectivity index (χ2n) is 6.84. The number of hydrogen-bond donors (Lipinski definition) is 0. The van der Waals surface area contributed by atoms with Crippen LogP contribution < -0.4 is 0 Å². The van der Waals surface area contributed by atoms with Crippen LogP contribution in [0.4, 0.5) is 0 Å². The van der Waals surface area contributed by atoms with Crippen LogP contribution in [0.15, 0.2) is 24.3 Å². The van der Waals surface area contributed by atoms with Crippen LogP contribution in [-0.2, 0) is 0 Å². The minimum atomic E-state index is 0.792. The van der Waals surface area contributed by atoms with Gasteiger partial charge in [0.05, 0.1) is 0 Å². The maximum Gasteiger partial charge on any atom is 0.0245 e. The molecule has 22 heavy (non-hydrogen) atoms. The van der Waals surface area contributed by atoms with E-state index < -0.39 is 0 Å². The highest BCUT2D eigenvalue weighted by Crippen LogP contribution is 2.37. The predicted octanol–water partition coefficient (Wildman–Crippen LogP) is 6.69. The summed E-state index contributed by atoms with van der Waals surface area (Å²) in [5, 5.41) is 0. The van der Waals surface area contributed by atoms with Crippen molar-refractivity contribution in [3.63, 3.8) is 0 Å². The van der Waals surface area contributed by atoms with E-state index >= 15 is 0 Å².